The minimum Gasteiger partial charge on any atom is -0.465 e. The van der Waals surface area contributed by atoms with Gasteiger partial charge in [0.2, 0.25) is 18.1 Å². The molecule has 5 rings (SSSR count). The molecule has 0 aromatic heterocycles. The molecule has 1 aromatic carbocycles. The van der Waals surface area contributed by atoms with Crippen molar-refractivity contribution in [1.29, 1.82) is 0 Å². The van der Waals surface area contributed by atoms with Crippen molar-refractivity contribution in [2.45, 2.75) is 227 Å². The monoisotopic (exact) mass is 1250 g/mol. The Labute approximate surface area is 508 Å². The second-order valence-electron chi connectivity index (χ2n) is 21.9. The van der Waals surface area contributed by atoms with Gasteiger partial charge in [-0.2, -0.15) is 0 Å². The van der Waals surface area contributed by atoms with Crippen LogP contribution in [0.15, 0.2) is 24.3 Å². The summed E-state index contributed by atoms with van der Waals surface area (Å²) in [6, 6.07) is 4.18. The number of rotatable bonds is 24. The predicted molar refractivity (Wildman–Crippen MR) is 294 cm³/mol. The lowest BCUT2D eigenvalue weighted by Gasteiger charge is -2.53. The first-order valence-electron chi connectivity index (χ1n) is 28.6. The zero-order chi connectivity index (χ0) is 65.6. The van der Waals surface area contributed by atoms with Gasteiger partial charge in [-0.1, -0.05) is 27.7 Å². The quantitative estimate of drug-likeness (QED) is 0.111. The number of carbonyl (C=O) groups excluding carboxylic acids is 11. The van der Waals surface area contributed by atoms with E-state index < -0.39 is 195 Å². The van der Waals surface area contributed by atoms with Crippen LogP contribution in [0.1, 0.15) is 117 Å². The molecule has 4 aliphatic rings. The van der Waals surface area contributed by atoms with E-state index in [1.54, 1.807) is 20.8 Å². The Kier molecular flexibility index (Phi) is 26.0. The van der Waals surface area contributed by atoms with Gasteiger partial charge in [0.05, 0.1) is 19.3 Å². The Morgan fingerprint density at radius 2 is 1.06 bits per heavy atom. The van der Waals surface area contributed by atoms with Crippen LogP contribution in [0.5, 0.6) is 5.75 Å². The number of amides is 2. The lowest BCUT2D eigenvalue weighted by Crippen LogP contribution is -2.71. The molecule has 2 amide bonds. The third-order valence-electron chi connectivity index (χ3n) is 14.7. The smallest absolute Gasteiger partial charge is 0.366 e. The second kappa shape index (κ2) is 31.9. The van der Waals surface area contributed by atoms with Crippen molar-refractivity contribution < 1.29 is 133 Å². The van der Waals surface area contributed by atoms with E-state index in [0.717, 1.165) is 62.5 Å². The number of hydrogen-bond acceptors (Lipinski definition) is 28. The molecule has 30 heteroatoms. The molecule has 4 saturated heterocycles. The zero-order valence-corrected chi connectivity index (χ0v) is 52.1. The standard InChI is InChI=1S/C58H82N2O28/c1-17-41(76-33(10)65)27(4)45-26(3)25(2)22-58(87-45,57(71)72-16)88-51-48(78-35(12)67)43(24-74-32(9)64)84-56(53(51)81-38(15)70)85-47-42(23-73-31(8)63)83-54(82-40-20-18-39(19-21-40)59-29(6)61)44(60-30(7)62)49(47)86-55-52(80-37(14)69)50(79-36(13)68)46(28(5)75-55)77-34(11)66/h18-21,25-28,41-56H,17,22-24H2,1-16H3,(H,59,61)(H,60,62)/t25?,26?,27-,28?,41-,42?,43?,44?,45?,46?,47?,48?,49?,50?,51?,52?,53?,54?,55?,56?,58?/m1/s1. The highest BCUT2D eigenvalue weighted by molar-refractivity contribution is 5.88. The molecule has 0 spiro atoms. The molecule has 0 radical (unpaired) electrons. The van der Waals surface area contributed by atoms with E-state index in [1.807, 2.05) is 6.92 Å². The lowest BCUT2D eigenvalue weighted by atomic mass is 9.76. The van der Waals surface area contributed by atoms with Crippen molar-refractivity contribution in [3.05, 3.63) is 24.3 Å². The van der Waals surface area contributed by atoms with Crippen LogP contribution in [-0.4, -0.2) is 196 Å². The van der Waals surface area contributed by atoms with Gasteiger partial charge in [-0.15, -0.1) is 0 Å². The summed E-state index contributed by atoms with van der Waals surface area (Å²) in [7, 11) is 1.06. The number of anilines is 1. The highest BCUT2D eigenvalue weighted by Crippen LogP contribution is 2.46. The summed E-state index contributed by atoms with van der Waals surface area (Å²) in [4.78, 5) is 143. The highest BCUT2D eigenvalue weighted by atomic mass is 16.8. The molecule has 21 atom stereocenters. The molecule has 4 heterocycles. The Morgan fingerprint density at radius 1 is 0.568 bits per heavy atom. The van der Waals surface area contributed by atoms with E-state index in [4.69, 9.17) is 80.5 Å². The van der Waals surface area contributed by atoms with Crippen molar-refractivity contribution >= 4 is 71.2 Å². The predicted octanol–water partition coefficient (Wildman–Crippen LogP) is 2.57. The molecule has 0 aliphatic carbocycles. The fourth-order valence-corrected chi connectivity index (χ4v) is 11.0. The summed E-state index contributed by atoms with van der Waals surface area (Å²) in [5, 5.41) is 5.36. The van der Waals surface area contributed by atoms with Crippen LogP contribution < -0.4 is 15.4 Å². The van der Waals surface area contributed by atoms with Crippen LogP contribution in [0.3, 0.4) is 0 Å². The lowest BCUT2D eigenvalue weighted by molar-refractivity contribution is -0.389. The van der Waals surface area contributed by atoms with Crippen LogP contribution in [0.2, 0.25) is 0 Å². The molecular formula is C58H82N2O28. The van der Waals surface area contributed by atoms with Crippen molar-refractivity contribution in [1.82, 2.24) is 5.32 Å². The molecule has 88 heavy (non-hydrogen) atoms. The van der Waals surface area contributed by atoms with Crippen molar-refractivity contribution in [2.24, 2.45) is 17.8 Å². The summed E-state index contributed by atoms with van der Waals surface area (Å²) in [5.41, 5.74) is 0.357. The molecule has 0 bridgehead atoms. The number of benzene rings is 1. The van der Waals surface area contributed by atoms with E-state index in [9.17, 15) is 52.7 Å². The van der Waals surface area contributed by atoms with Crippen LogP contribution in [0.4, 0.5) is 5.69 Å². The van der Waals surface area contributed by atoms with Gasteiger partial charge < -0.3 is 91.2 Å². The molecule has 492 valence electrons. The van der Waals surface area contributed by atoms with E-state index in [1.165, 1.54) is 45.0 Å². The van der Waals surface area contributed by atoms with Gasteiger partial charge in [-0.25, -0.2) is 4.79 Å². The number of methoxy groups -OCH3 is 1. The van der Waals surface area contributed by atoms with Gasteiger partial charge in [-0.3, -0.25) is 47.9 Å². The Hall–Kier alpha value is -7.09. The number of ether oxygens (including phenoxy) is 17. The van der Waals surface area contributed by atoms with Crippen LogP contribution >= 0.6 is 0 Å². The van der Waals surface area contributed by atoms with Crippen LogP contribution in [-0.2, 0) is 129 Å². The largest absolute Gasteiger partial charge is 0.465 e. The van der Waals surface area contributed by atoms with Gasteiger partial charge in [-0.05, 0) is 49.4 Å². The third kappa shape index (κ3) is 19.2. The van der Waals surface area contributed by atoms with Crippen molar-refractivity contribution in [2.75, 3.05) is 25.6 Å². The van der Waals surface area contributed by atoms with Crippen LogP contribution in [0.25, 0.3) is 0 Å². The second-order valence-corrected chi connectivity index (χ2v) is 21.9. The molecule has 1 aromatic rings. The molecule has 4 fully saturated rings. The first-order valence-corrected chi connectivity index (χ1v) is 28.6. The number of hydrogen-bond donors (Lipinski definition) is 2. The Bertz CT molecular complexity index is 2650. The summed E-state index contributed by atoms with van der Waals surface area (Å²) >= 11 is 0. The Balaban J connectivity index is 1.81. The van der Waals surface area contributed by atoms with E-state index in [-0.39, 0.29) is 24.0 Å². The normalized spacial score (nSPS) is 32.6. The number of esters is 9. The van der Waals surface area contributed by atoms with Crippen molar-refractivity contribution in [3.63, 3.8) is 0 Å². The van der Waals surface area contributed by atoms with Crippen LogP contribution in [0, 0.1) is 17.8 Å². The van der Waals surface area contributed by atoms with Gasteiger partial charge in [0.15, 0.2) is 43.1 Å². The van der Waals surface area contributed by atoms with Gasteiger partial charge in [0, 0.05) is 87.3 Å². The third-order valence-corrected chi connectivity index (χ3v) is 14.7. The Morgan fingerprint density at radius 3 is 1.56 bits per heavy atom. The molecule has 0 saturated carbocycles. The van der Waals surface area contributed by atoms with Gasteiger partial charge >= 0.3 is 53.7 Å². The van der Waals surface area contributed by atoms with E-state index >= 15 is 0 Å². The fourth-order valence-electron chi connectivity index (χ4n) is 11.0. The van der Waals surface area contributed by atoms with Gasteiger partial charge in [0.25, 0.3) is 5.79 Å². The molecule has 4 aliphatic heterocycles. The maximum Gasteiger partial charge on any atom is 0.366 e. The molecule has 30 nitrogen and oxygen atoms in total. The topological polar surface area (TPSA) is 369 Å². The maximum absolute atomic E-state index is 14.6. The first-order chi connectivity index (χ1) is 41.3. The molecular weight excluding hydrogens is 1170 g/mol. The SMILES string of the molecule is CC[C@@H](OC(C)=O)[C@@H](C)C1OC(OC2C(OC(C)=O)C(COC(C)=O)OC(OC3C(COC(C)=O)OC(Oc4ccc(NC(C)=O)cc4)C(NC(C)=O)C3OC3OC(C)C(OC(C)=O)C(OC(C)=O)C3OC(C)=O)C2OC(C)=O)(C(=O)OC)CC(C)C1C. The maximum atomic E-state index is 14.6. The number of carbonyl (C=O) groups is 11. The number of nitrogens with one attached hydrogen (secondary N) is 2. The zero-order valence-electron chi connectivity index (χ0n) is 52.1. The minimum absolute atomic E-state index is 0.0510. The average molecular weight is 1260 g/mol. The molecule has 19 unspecified atom stereocenters. The first kappa shape index (κ1) is 71.7. The highest BCUT2D eigenvalue weighted by Gasteiger charge is 2.63. The fraction of sp³-hybridized carbons (Fsp3) is 0.707. The summed E-state index contributed by atoms with van der Waals surface area (Å²) in [5.74, 6) is -13.3. The molecule has 2 N–H and O–H groups in total. The summed E-state index contributed by atoms with van der Waals surface area (Å²) in [6.45, 7) is 18.0. The minimum atomic E-state index is -2.49. The summed E-state index contributed by atoms with van der Waals surface area (Å²) in [6.07, 6.45) is -26.5. The average Bonchev–Trinajstić information content (AvgIpc) is 0.784. The van der Waals surface area contributed by atoms with Crippen molar-refractivity contribution in [3.8, 4) is 5.75 Å². The van der Waals surface area contributed by atoms with E-state index in [2.05, 4.69) is 10.6 Å². The van der Waals surface area contributed by atoms with Gasteiger partial charge in [0.1, 0.15) is 61.6 Å². The van der Waals surface area contributed by atoms with E-state index in [0.29, 0.717) is 12.1 Å². The summed E-state index contributed by atoms with van der Waals surface area (Å²) < 4.78 is 104.